The molecule has 1 aromatic carbocycles. The minimum absolute atomic E-state index is 0.392. The van der Waals surface area contributed by atoms with Crippen molar-refractivity contribution in [1.29, 1.82) is 0 Å². The molecular formula is C13H12N4O. The summed E-state index contributed by atoms with van der Waals surface area (Å²) in [6.45, 7) is 0.446. The van der Waals surface area contributed by atoms with Crippen LogP contribution in [-0.2, 0) is 4.79 Å². The Morgan fingerprint density at radius 3 is 3.06 bits per heavy atom. The summed E-state index contributed by atoms with van der Waals surface area (Å²) in [6.07, 6.45) is 3.34. The summed E-state index contributed by atoms with van der Waals surface area (Å²) in [5, 5.41) is 0.997. The molecule has 0 fully saturated rings. The predicted octanol–water partition coefficient (Wildman–Crippen LogP) is 0.937. The second kappa shape index (κ2) is 4.10. The summed E-state index contributed by atoms with van der Waals surface area (Å²) in [5.41, 5.74) is 7.21. The Morgan fingerprint density at radius 2 is 2.22 bits per heavy atom. The van der Waals surface area contributed by atoms with Gasteiger partial charge in [-0.1, -0.05) is 6.07 Å². The third-order valence-corrected chi connectivity index (χ3v) is 3.04. The lowest BCUT2D eigenvalue weighted by Crippen LogP contribution is -2.42. The van der Waals surface area contributed by atoms with Crippen molar-refractivity contribution in [3.8, 4) is 0 Å². The minimum Gasteiger partial charge on any atom is -0.368 e. The summed E-state index contributed by atoms with van der Waals surface area (Å²) >= 11 is 0. The molecule has 2 heterocycles. The molecule has 0 saturated heterocycles. The number of pyridine rings is 1. The Kier molecular flexibility index (Phi) is 2.44. The molecule has 0 radical (unpaired) electrons. The maximum atomic E-state index is 11.4. The molecule has 0 saturated carbocycles. The highest BCUT2D eigenvalue weighted by molar-refractivity contribution is 6.04. The normalized spacial score (nSPS) is 18.4. The highest BCUT2D eigenvalue weighted by atomic mass is 16.1. The molecule has 1 atom stereocenters. The second-order valence-electron chi connectivity index (χ2n) is 4.14. The molecule has 0 spiro atoms. The van der Waals surface area contributed by atoms with Crippen molar-refractivity contribution in [2.75, 3.05) is 11.6 Å². The maximum Gasteiger partial charge on any atom is 0.245 e. The van der Waals surface area contributed by atoms with Crippen LogP contribution in [0.3, 0.4) is 0 Å². The van der Waals surface area contributed by atoms with Crippen LogP contribution in [0.5, 0.6) is 0 Å². The molecule has 5 heteroatoms. The van der Waals surface area contributed by atoms with Crippen LogP contribution in [-0.4, -0.2) is 29.8 Å². The average molecular weight is 240 g/mol. The molecule has 2 N–H and O–H groups in total. The van der Waals surface area contributed by atoms with Gasteiger partial charge in [0.2, 0.25) is 5.91 Å². The largest absolute Gasteiger partial charge is 0.368 e. The van der Waals surface area contributed by atoms with E-state index in [0.717, 1.165) is 16.6 Å². The molecule has 5 nitrogen and oxygen atoms in total. The standard InChI is InChI=1S/C13H12N4O/c14-13(18)12-7-15-8-17(12)11-5-1-4-10-9(11)3-2-6-16-10/h1-7,12H,8H2,(H2,14,18). The van der Waals surface area contributed by atoms with Crippen LogP contribution in [0.4, 0.5) is 5.69 Å². The second-order valence-corrected chi connectivity index (χ2v) is 4.14. The Balaban J connectivity index is 2.12. The van der Waals surface area contributed by atoms with E-state index in [4.69, 9.17) is 5.73 Å². The van der Waals surface area contributed by atoms with Crippen molar-refractivity contribution in [3.63, 3.8) is 0 Å². The summed E-state index contributed by atoms with van der Waals surface area (Å²) in [7, 11) is 0. The van der Waals surface area contributed by atoms with Crippen LogP contribution >= 0.6 is 0 Å². The number of anilines is 1. The van der Waals surface area contributed by atoms with Crippen LogP contribution in [0.2, 0.25) is 0 Å². The molecule has 1 aliphatic rings. The number of fused-ring (bicyclic) bond motifs is 1. The minimum atomic E-state index is -0.476. The van der Waals surface area contributed by atoms with Gasteiger partial charge in [0.15, 0.2) is 0 Å². The fraction of sp³-hybridized carbons (Fsp3) is 0.154. The van der Waals surface area contributed by atoms with Gasteiger partial charge in [0.05, 0.1) is 5.52 Å². The van der Waals surface area contributed by atoms with Crippen LogP contribution in [0.15, 0.2) is 41.5 Å². The van der Waals surface area contributed by atoms with Gasteiger partial charge >= 0.3 is 0 Å². The number of primary amides is 1. The fourth-order valence-electron chi connectivity index (χ4n) is 2.19. The van der Waals surface area contributed by atoms with E-state index in [1.807, 2.05) is 35.2 Å². The van der Waals surface area contributed by atoms with Gasteiger partial charge < -0.3 is 10.6 Å². The molecule has 18 heavy (non-hydrogen) atoms. The first-order valence-electron chi connectivity index (χ1n) is 5.67. The quantitative estimate of drug-likeness (QED) is 0.849. The van der Waals surface area contributed by atoms with E-state index < -0.39 is 11.9 Å². The third-order valence-electron chi connectivity index (χ3n) is 3.04. The zero-order valence-corrected chi connectivity index (χ0v) is 9.65. The van der Waals surface area contributed by atoms with Crippen LogP contribution in [0, 0.1) is 0 Å². The lowest BCUT2D eigenvalue weighted by Gasteiger charge is -2.24. The first kappa shape index (κ1) is 10.7. The zero-order chi connectivity index (χ0) is 12.5. The molecule has 0 bridgehead atoms. The highest BCUT2D eigenvalue weighted by Gasteiger charge is 2.27. The number of aromatic nitrogens is 1. The SMILES string of the molecule is NC(=O)C1C=NCN1c1cccc2ncccc12. The lowest BCUT2D eigenvalue weighted by molar-refractivity contribution is -0.117. The monoisotopic (exact) mass is 240 g/mol. The molecule has 1 aromatic heterocycles. The van der Waals surface area contributed by atoms with Crippen LogP contribution < -0.4 is 10.6 Å². The summed E-state index contributed by atoms with van der Waals surface area (Å²) in [6, 6.07) is 9.19. The summed E-state index contributed by atoms with van der Waals surface area (Å²) in [4.78, 5) is 21.7. The van der Waals surface area contributed by atoms with Gasteiger partial charge in [0.25, 0.3) is 0 Å². The number of aliphatic imine (C=N–C) groups is 1. The number of benzene rings is 1. The third kappa shape index (κ3) is 1.60. The average Bonchev–Trinajstić information content (AvgIpc) is 2.87. The van der Waals surface area contributed by atoms with Crippen LogP contribution in [0.1, 0.15) is 0 Å². The van der Waals surface area contributed by atoms with Gasteiger partial charge in [0, 0.05) is 23.5 Å². The zero-order valence-electron chi connectivity index (χ0n) is 9.65. The summed E-state index contributed by atoms with van der Waals surface area (Å²) in [5.74, 6) is -0.392. The van der Waals surface area contributed by atoms with Crippen molar-refractivity contribution >= 4 is 28.7 Å². The fourth-order valence-corrected chi connectivity index (χ4v) is 2.19. The molecular weight excluding hydrogens is 228 g/mol. The predicted molar refractivity (Wildman–Crippen MR) is 70.6 cm³/mol. The molecule has 0 aliphatic carbocycles. The maximum absolute atomic E-state index is 11.4. The number of hydrogen-bond donors (Lipinski definition) is 1. The number of nitrogens with two attached hydrogens (primary N) is 1. The molecule has 1 amide bonds. The van der Waals surface area contributed by atoms with Crippen molar-refractivity contribution in [3.05, 3.63) is 36.5 Å². The Morgan fingerprint density at radius 1 is 1.33 bits per heavy atom. The molecule has 1 unspecified atom stereocenters. The van der Waals surface area contributed by atoms with Gasteiger partial charge in [-0.2, -0.15) is 0 Å². The lowest BCUT2D eigenvalue weighted by atomic mass is 10.1. The van der Waals surface area contributed by atoms with Crippen molar-refractivity contribution in [2.45, 2.75) is 6.04 Å². The Bertz CT molecular complexity index is 632. The molecule has 1 aliphatic heterocycles. The van der Waals surface area contributed by atoms with Gasteiger partial charge in [-0.05, 0) is 24.3 Å². The number of hydrogen-bond acceptors (Lipinski definition) is 4. The van der Waals surface area contributed by atoms with E-state index >= 15 is 0 Å². The smallest absolute Gasteiger partial charge is 0.245 e. The Labute approximate surface area is 104 Å². The first-order chi connectivity index (χ1) is 8.77. The first-order valence-corrected chi connectivity index (χ1v) is 5.67. The van der Waals surface area contributed by atoms with E-state index in [1.165, 1.54) is 0 Å². The van der Waals surface area contributed by atoms with Crippen molar-refractivity contribution in [2.24, 2.45) is 10.7 Å². The van der Waals surface area contributed by atoms with E-state index in [-0.39, 0.29) is 0 Å². The van der Waals surface area contributed by atoms with Gasteiger partial charge in [-0.3, -0.25) is 14.8 Å². The van der Waals surface area contributed by atoms with E-state index in [2.05, 4.69) is 9.98 Å². The highest BCUT2D eigenvalue weighted by Crippen LogP contribution is 2.27. The van der Waals surface area contributed by atoms with Crippen molar-refractivity contribution < 1.29 is 4.79 Å². The van der Waals surface area contributed by atoms with E-state index in [0.29, 0.717) is 6.67 Å². The summed E-state index contributed by atoms with van der Waals surface area (Å²) < 4.78 is 0. The number of nitrogens with zero attached hydrogens (tertiary/aromatic N) is 3. The molecule has 90 valence electrons. The van der Waals surface area contributed by atoms with Gasteiger partial charge in [-0.15, -0.1) is 0 Å². The molecule has 2 aromatic rings. The van der Waals surface area contributed by atoms with Gasteiger partial charge in [0.1, 0.15) is 12.7 Å². The molecule has 3 rings (SSSR count). The van der Waals surface area contributed by atoms with Crippen molar-refractivity contribution in [1.82, 2.24) is 4.98 Å². The number of amides is 1. The van der Waals surface area contributed by atoms with E-state index in [1.54, 1.807) is 12.4 Å². The number of carbonyl (C=O) groups is 1. The van der Waals surface area contributed by atoms with Crippen LogP contribution in [0.25, 0.3) is 10.9 Å². The van der Waals surface area contributed by atoms with E-state index in [9.17, 15) is 4.79 Å². The number of rotatable bonds is 2. The van der Waals surface area contributed by atoms with Gasteiger partial charge in [-0.25, -0.2) is 0 Å². The Hall–Kier alpha value is -2.43. The number of carbonyl (C=O) groups excluding carboxylic acids is 1. The topological polar surface area (TPSA) is 71.6 Å².